The molecule has 0 heterocycles. The van der Waals surface area contributed by atoms with Crippen molar-refractivity contribution in [3.05, 3.63) is 29.6 Å². The zero-order valence-corrected chi connectivity index (χ0v) is 9.24. The Morgan fingerprint density at radius 2 is 2.18 bits per heavy atom. The molecule has 1 aromatic carbocycles. The van der Waals surface area contributed by atoms with Crippen molar-refractivity contribution in [3.8, 4) is 0 Å². The minimum absolute atomic E-state index is 0.144. The molecular weight excluding hydrogens is 227 g/mol. The lowest BCUT2D eigenvalue weighted by atomic mass is 10.1. The van der Waals surface area contributed by atoms with Crippen LogP contribution in [-0.2, 0) is 4.79 Å². The number of carbonyl (C=O) groups excluding carboxylic acids is 1. The molecule has 4 N–H and O–H groups in total. The summed E-state index contributed by atoms with van der Waals surface area (Å²) >= 11 is 0. The van der Waals surface area contributed by atoms with Crippen LogP contribution in [0, 0.1) is 5.82 Å². The molecule has 5 nitrogen and oxygen atoms in total. The molecule has 0 radical (unpaired) electrons. The largest absolute Gasteiger partial charge is 0.481 e. The minimum Gasteiger partial charge on any atom is -0.481 e. The third-order valence-corrected chi connectivity index (χ3v) is 2.14. The second kappa shape index (κ2) is 5.29. The van der Waals surface area contributed by atoms with Crippen molar-refractivity contribution < 1.29 is 19.1 Å². The Labute approximate surface area is 97.4 Å². The monoisotopic (exact) mass is 240 g/mol. The number of carboxylic acid groups (broad SMARTS) is 1. The van der Waals surface area contributed by atoms with E-state index in [2.05, 4.69) is 5.32 Å². The first-order valence-electron chi connectivity index (χ1n) is 4.98. The van der Waals surface area contributed by atoms with E-state index in [-0.39, 0.29) is 17.7 Å². The molecule has 1 aromatic rings. The van der Waals surface area contributed by atoms with E-state index in [0.29, 0.717) is 0 Å². The van der Waals surface area contributed by atoms with Gasteiger partial charge in [0.25, 0.3) is 5.91 Å². The van der Waals surface area contributed by atoms with Crippen LogP contribution >= 0.6 is 0 Å². The van der Waals surface area contributed by atoms with Crippen LogP contribution in [0.3, 0.4) is 0 Å². The summed E-state index contributed by atoms with van der Waals surface area (Å²) in [7, 11) is 0. The first kappa shape index (κ1) is 13.0. The van der Waals surface area contributed by atoms with E-state index in [9.17, 15) is 14.0 Å². The fourth-order valence-electron chi connectivity index (χ4n) is 1.47. The summed E-state index contributed by atoms with van der Waals surface area (Å²) < 4.78 is 13.4. The highest BCUT2D eigenvalue weighted by molar-refractivity contribution is 5.98. The van der Waals surface area contributed by atoms with E-state index in [1.54, 1.807) is 6.92 Å². The van der Waals surface area contributed by atoms with E-state index < -0.39 is 23.7 Å². The molecule has 0 saturated heterocycles. The Morgan fingerprint density at radius 1 is 1.53 bits per heavy atom. The number of nitrogens with two attached hydrogens (primary N) is 1. The van der Waals surface area contributed by atoms with E-state index in [1.165, 1.54) is 12.1 Å². The average molecular weight is 240 g/mol. The number of halogens is 1. The lowest BCUT2D eigenvalue weighted by Gasteiger charge is -2.15. The Morgan fingerprint density at radius 3 is 2.71 bits per heavy atom. The van der Waals surface area contributed by atoms with Gasteiger partial charge in [0.15, 0.2) is 0 Å². The number of rotatable bonds is 5. The Hall–Kier alpha value is -2.11. The molecule has 0 aliphatic carbocycles. The summed E-state index contributed by atoms with van der Waals surface area (Å²) in [5.74, 6) is -2.61. The number of aliphatic carboxylic acids is 1. The maximum atomic E-state index is 13.4. The molecule has 0 aromatic heterocycles. The van der Waals surface area contributed by atoms with Crippen LogP contribution in [0.2, 0.25) is 0 Å². The minimum atomic E-state index is -0.984. The van der Waals surface area contributed by atoms with Gasteiger partial charge in [-0.3, -0.25) is 9.59 Å². The molecule has 0 aliphatic rings. The first-order valence-corrected chi connectivity index (χ1v) is 4.98. The van der Waals surface area contributed by atoms with Gasteiger partial charge in [-0.15, -0.1) is 0 Å². The third-order valence-electron chi connectivity index (χ3n) is 2.14. The Kier molecular flexibility index (Phi) is 4.03. The number of hydrogen-bond donors (Lipinski definition) is 3. The third kappa shape index (κ3) is 3.44. The molecule has 1 rings (SSSR count). The smallest absolute Gasteiger partial charge is 0.305 e. The summed E-state index contributed by atoms with van der Waals surface area (Å²) in [6.07, 6.45) is -0.144. The number of anilines is 1. The molecule has 17 heavy (non-hydrogen) atoms. The fraction of sp³-hybridized carbons (Fsp3) is 0.273. The summed E-state index contributed by atoms with van der Waals surface area (Å²) in [6.45, 7) is 1.61. The maximum absolute atomic E-state index is 13.4. The number of primary amides is 1. The number of hydrogen-bond acceptors (Lipinski definition) is 3. The van der Waals surface area contributed by atoms with Gasteiger partial charge in [-0.25, -0.2) is 4.39 Å². The normalized spacial score (nSPS) is 11.9. The van der Waals surface area contributed by atoms with Crippen molar-refractivity contribution in [2.24, 2.45) is 5.73 Å². The zero-order chi connectivity index (χ0) is 13.0. The Bertz CT molecular complexity index is 448. The topological polar surface area (TPSA) is 92.4 Å². The predicted molar refractivity (Wildman–Crippen MR) is 60.3 cm³/mol. The van der Waals surface area contributed by atoms with E-state index in [4.69, 9.17) is 10.8 Å². The van der Waals surface area contributed by atoms with Crippen molar-refractivity contribution in [2.45, 2.75) is 19.4 Å². The number of amides is 1. The van der Waals surface area contributed by atoms with Crippen LogP contribution in [0.5, 0.6) is 0 Å². The molecule has 0 spiro atoms. The lowest BCUT2D eigenvalue weighted by Crippen LogP contribution is -2.23. The molecule has 0 aliphatic heterocycles. The SMILES string of the molecule is CC(CC(=O)O)Nc1cccc(F)c1C(N)=O. The van der Waals surface area contributed by atoms with Gasteiger partial charge < -0.3 is 16.2 Å². The Balaban J connectivity index is 2.94. The van der Waals surface area contributed by atoms with Crippen LogP contribution in [0.4, 0.5) is 10.1 Å². The van der Waals surface area contributed by atoms with Crippen molar-refractivity contribution in [1.82, 2.24) is 0 Å². The number of carbonyl (C=O) groups is 2. The first-order chi connectivity index (χ1) is 7.91. The van der Waals surface area contributed by atoms with Crippen molar-refractivity contribution >= 4 is 17.6 Å². The van der Waals surface area contributed by atoms with Crippen LogP contribution in [-0.4, -0.2) is 23.0 Å². The molecule has 1 amide bonds. The molecule has 1 unspecified atom stereocenters. The lowest BCUT2D eigenvalue weighted by molar-refractivity contribution is -0.137. The summed E-state index contributed by atoms with van der Waals surface area (Å²) in [6, 6.07) is 3.57. The highest BCUT2D eigenvalue weighted by Gasteiger charge is 2.16. The second-order valence-electron chi connectivity index (χ2n) is 3.67. The summed E-state index contributed by atoms with van der Waals surface area (Å²) in [5, 5.41) is 11.3. The van der Waals surface area contributed by atoms with Crippen molar-refractivity contribution in [1.29, 1.82) is 0 Å². The molecular formula is C11H13FN2O3. The number of benzene rings is 1. The molecule has 92 valence electrons. The fourth-order valence-corrected chi connectivity index (χ4v) is 1.47. The maximum Gasteiger partial charge on any atom is 0.305 e. The van der Waals surface area contributed by atoms with Gasteiger partial charge in [0.1, 0.15) is 5.82 Å². The standard InChI is InChI=1S/C11H13FN2O3/c1-6(5-9(15)16)14-8-4-2-3-7(12)10(8)11(13)17/h2-4,6,14H,5H2,1H3,(H2,13,17)(H,15,16). The van der Waals surface area contributed by atoms with E-state index in [1.807, 2.05) is 0 Å². The van der Waals surface area contributed by atoms with Crippen LogP contribution in [0.25, 0.3) is 0 Å². The average Bonchev–Trinajstić information content (AvgIpc) is 2.15. The van der Waals surface area contributed by atoms with Crippen LogP contribution in [0.1, 0.15) is 23.7 Å². The van der Waals surface area contributed by atoms with Gasteiger partial charge in [0.05, 0.1) is 17.7 Å². The molecule has 0 fully saturated rings. The van der Waals surface area contributed by atoms with Gasteiger partial charge in [-0.1, -0.05) is 6.07 Å². The van der Waals surface area contributed by atoms with E-state index in [0.717, 1.165) is 6.07 Å². The van der Waals surface area contributed by atoms with E-state index >= 15 is 0 Å². The van der Waals surface area contributed by atoms with Crippen LogP contribution < -0.4 is 11.1 Å². The van der Waals surface area contributed by atoms with Gasteiger partial charge >= 0.3 is 5.97 Å². The highest BCUT2D eigenvalue weighted by atomic mass is 19.1. The predicted octanol–water partition coefficient (Wildman–Crippen LogP) is 1.20. The number of carboxylic acids is 1. The quantitative estimate of drug-likeness (QED) is 0.721. The van der Waals surface area contributed by atoms with Crippen molar-refractivity contribution in [3.63, 3.8) is 0 Å². The molecule has 0 saturated carbocycles. The van der Waals surface area contributed by atoms with Gasteiger partial charge in [-0.2, -0.15) is 0 Å². The highest BCUT2D eigenvalue weighted by Crippen LogP contribution is 2.19. The van der Waals surface area contributed by atoms with Crippen LogP contribution in [0.15, 0.2) is 18.2 Å². The van der Waals surface area contributed by atoms with Gasteiger partial charge in [-0.05, 0) is 19.1 Å². The molecule has 0 bridgehead atoms. The van der Waals surface area contributed by atoms with Gasteiger partial charge in [0.2, 0.25) is 0 Å². The number of nitrogens with one attached hydrogen (secondary N) is 1. The zero-order valence-electron chi connectivity index (χ0n) is 9.24. The van der Waals surface area contributed by atoms with Crippen molar-refractivity contribution in [2.75, 3.05) is 5.32 Å². The molecule has 6 heteroatoms. The van der Waals surface area contributed by atoms with Gasteiger partial charge in [0, 0.05) is 6.04 Å². The summed E-state index contributed by atoms with van der Waals surface area (Å²) in [4.78, 5) is 21.6. The molecule has 1 atom stereocenters. The summed E-state index contributed by atoms with van der Waals surface area (Å²) in [5.41, 5.74) is 5.00. The second-order valence-corrected chi connectivity index (χ2v) is 3.67.